The van der Waals surface area contributed by atoms with Crippen molar-refractivity contribution in [3.05, 3.63) is 65.9 Å². The number of rotatable bonds is 9. The van der Waals surface area contributed by atoms with Crippen molar-refractivity contribution in [1.82, 2.24) is 4.57 Å². The van der Waals surface area contributed by atoms with Crippen molar-refractivity contribution < 1.29 is 14.3 Å². The molecule has 0 bridgehead atoms. The Morgan fingerprint density at radius 2 is 1.73 bits per heavy atom. The third-order valence-corrected chi connectivity index (χ3v) is 4.63. The molecule has 0 radical (unpaired) electrons. The highest BCUT2D eigenvalue weighted by Gasteiger charge is 2.16. The number of ether oxygens (including phenoxy) is 2. The van der Waals surface area contributed by atoms with Crippen LogP contribution in [0.1, 0.15) is 35.2 Å². The van der Waals surface area contributed by atoms with Crippen molar-refractivity contribution in [2.24, 2.45) is 0 Å². The first kappa shape index (κ1) is 18.2. The molecule has 0 aliphatic rings. The minimum absolute atomic E-state index is 0.0435. The number of carbonyl (C=O) groups excluding carboxylic acids is 1. The number of hydrogen-bond acceptors (Lipinski definition) is 3. The number of ketones is 1. The summed E-state index contributed by atoms with van der Waals surface area (Å²) in [4.78, 5) is 13.0. The quantitative estimate of drug-likeness (QED) is 0.414. The molecule has 0 atom stereocenters. The average Bonchev–Trinajstić information content (AvgIpc) is 3.06. The maximum Gasteiger partial charge on any atom is 0.195 e. The summed E-state index contributed by atoms with van der Waals surface area (Å²) in [5, 5.41) is 1.00. The summed E-state index contributed by atoms with van der Waals surface area (Å²) < 4.78 is 12.5. The molecule has 1 aromatic heterocycles. The Balaban J connectivity index is 1.84. The van der Waals surface area contributed by atoms with Crippen LogP contribution in [0.2, 0.25) is 0 Å². The molecule has 0 unspecified atom stereocenters. The number of aryl methyl sites for hydroxylation is 1. The van der Waals surface area contributed by atoms with Gasteiger partial charge in [-0.3, -0.25) is 4.79 Å². The smallest absolute Gasteiger partial charge is 0.195 e. The van der Waals surface area contributed by atoms with Crippen LogP contribution in [-0.4, -0.2) is 31.2 Å². The normalized spacial score (nSPS) is 11.0. The summed E-state index contributed by atoms with van der Waals surface area (Å²) in [5.74, 6) is 0.794. The van der Waals surface area contributed by atoms with Crippen molar-refractivity contribution in [2.45, 2.75) is 25.8 Å². The van der Waals surface area contributed by atoms with E-state index in [1.165, 1.54) is 0 Å². The van der Waals surface area contributed by atoms with Gasteiger partial charge in [0.15, 0.2) is 5.78 Å². The standard InChI is InChI=1S/C22H25NO3/c1-25-15-7-3-6-14-23-16-20(19-8-4-5-9-21(19)23)22(24)17-10-12-18(26-2)13-11-17/h4-5,8-13,16H,3,6-7,14-15H2,1-2H3. The second kappa shape index (κ2) is 8.68. The lowest BCUT2D eigenvalue weighted by atomic mass is 10.0. The monoisotopic (exact) mass is 351 g/mol. The van der Waals surface area contributed by atoms with Crippen molar-refractivity contribution in [3.63, 3.8) is 0 Å². The van der Waals surface area contributed by atoms with Gasteiger partial charge in [0, 0.05) is 48.5 Å². The Hall–Kier alpha value is -2.59. The molecule has 4 nitrogen and oxygen atoms in total. The molecule has 4 heteroatoms. The Labute approximate surface area is 154 Å². The summed E-state index contributed by atoms with van der Waals surface area (Å²) in [7, 11) is 3.35. The highest BCUT2D eigenvalue weighted by molar-refractivity contribution is 6.16. The van der Waals surface area contributed by atoms with Crippen molar-refractivity contribution in [2.75, 3.05) is 20.8 Å². The van der Waals surface area contributed by atoms with Crippen molar-refractivity contribution >= 4 is 16.7 Å². The molecule has 2 aromatic carbocycles. The predicted octanol–water partition coefficient (Wildman–Crippen LogP) is 4.70. The lowest BCUT2D eigenvalue weighted by Crippen LogP contribution is -2.01. The number of benzene rings is 2. The molecule has 0 N–H and O–H groups in total. The summed E-state index contributed by atoms with van der Waals surface area (Å²) in [6.07, 6.45) is 5.24. The fraction of sp³-hybridized carbons (Fsp3) is 0.318. The van der Waals surface area contributed by atoms with Crippen molar-refractivity contribution in [1.29, 1.82) is 0 Å². The Bertz CT molecular complexity index is 865. The van der Waals surface area contributed by atoms with E-state index in [4.69, 9.17) is 9.47 Å². The van der Waals surface area contributed by atoms with Gasteiger partial charge in [0.1, 0.15) is 5.75 Å². The first-order valence-electron chi connectivity index (χ1n) is 9.00. The fourth-order valence-corrected chi connectivity index (χ4v) is 3.22. The Kier molecular flexibility index (Phi) is 6.08. The van der Waals surface area contributed by atoms with E-state index in [1.807, 2.05) is 48.7 Å². The topological polar surface area (TPSA) is 40.5 Å². The SMILES string of the molecule is COCCCCCn1cc(C(=O)c2ccc(OC)cc2)c2ccccc21. The minimum atomic E-state index is 0.0435. The van der Waals surface area contributed by atoms with Gasteiger partial charge in [0.05, 0.1) is 7.11 Å². The van der Waals surface area contributed by atoms with Gasteiger partial charge in [-0.25, -0.2) is 0 Å². The van der Waals surface area contributed by atoms with Crippen molar-refractivity contribution in [3.8, 4) is 5.75 Å². The lowest BCUT2D eigenvalue weighted by Gasteiger charge is -2.05. The van der Waals surface area contributed by atoms with E-state index in [9.17, 15) is 4.79 Å². The van der Waals surface area contributed by atoms with Crippen LogP contribution in [0, 0.1) is 0 Å². The van der Waals surface area contributed by atoms with E-state index in [1.54, 1.807) is 14.2 Å². The summed E-state index contributed by atoms with van der Waals surface area (Å²) in [6, 6.07) is 15.4. The molecule has 0 fully saturated rings. The first-order chi connectivity index (χ1) is 12.7. The van der Waals surface area contributed by atoms with Crippen LogP contribution in [0.3, 0.4) is 0 Å². The van der Waals surface area contributed by atoms with Gasteiger partial charge in [-0.1, -0.05) is 18.2 Å². The second-order valence-electron chi connectivity index (χ2n) is 6.36. The average molecular weight is 351 g/mol. The molecule has 0 aliphatic carbocycles. The molecule has 0 spiro atoms. The maximum absolute atomic E-state index is 13.0. The molecule has 0 saturated heterocycles. The van der Waals surface area contributed by atoms with Gasteiger partial charge in [-0.15, -0.1) is 0 Å². The summed E-state index contributed by atoms with van der Waals surface area (Å²) in [5.41, 5.74) is 2.53. The van der Waals surface area contributed by atoms with Gasteiger partial charge in [0.2, 0.25) is 0 Å². The number of methoxy groups -OCH3 is 2. The zero-order chi connectivity index (χ0) is 18.4. The number of carbonyl (C=O) groups is 1. The Morgan fingerprint density at radius 1 is 0.962 bits per heavy atom. The zero-order valence-electron chi connectivity index (χ0n) is 15.4. The van der Waals surface area contributed by atoms with Crippen LogP contribution in [-0.2, 0) is 11.3 Å². The number of unbranched alkanes of at least 4 members (excludes halogenated alkanes) is 2. The van der Waals surface area contributed by atoms with Crippen LogP contribution in [0.4, 0.5) is 0 Å². The molecule has 136 valence electrons. The van der Waals surface area contributed by atoms with E-state index in [-0.39, 0.29) is 5.78 Å². The van der Waals surface area contributed by atoms with Crippen LogP contribution >= 0.6 is 0 Å². The van der Waals surface area contributed by atoms with E-state index >= 15 is 0 Å². The number of hydrogen-bond donors (Lipinski definition) is 0. The summed E-state index contributed by atoms with van der Waals surface area (Å²) in [6.45, 7) is 1.70. The largest absolute Gasteiger partial charge is 0.497 e. The highest BCUT2D eigenvalue weighted by Crippen LogP contribution is 2.25. The summed E-state index contributed by atoms with van der Waals surface area (Å²) >= 11 is 0. The molecular weight excluding hydrogens is 326 g/mol. The van der Waals surface area contributed by atoms with Crippen LogP contribution in [0.25, 0.3) is 10.9 Å². The number of aromatic nitrogens is 1. The molecule has 0 saturated carbocycles. The van der Waals surface area contributed by atoms with Gasteiger partial charge in [0.25, 0.3) is 0 Å². The van der Waals surface area contributed by atoms with E-state index in [0.717, 1.165) is 54.6 Å². The zero-order valence-corrected chi connectivity index (χ0v) is 15.4. The number of nitrogens with zero attached hydrogens (tertiary/aromatic N) is 1. The lowest BCUT2D eigenvalue weighted by molar-refractivity contribution is 0.104. The van der Waals surface area contributed by atoms with Crippen LogP contribution < -0.4 is 4.74 Å². The van der Waals surface area contributed by atoms with Gasteiger partial charge >= 0.3 is 0 Å². The first-order valence-corrected chi connectivity index (χ1v) is 9.00. The highest BCUT2D eigenvalue weighted by atomic mass is 16.5. The third kappa shape index (κ3) is 3.97. The number of fused-ring (bicyclic) bond motifs is 1. The molecule has 1 heterocycles. The molecule has 0 aliphatic heterocycles. The fourth-order valence-electron chi connectivity index (χ4n) is 3.22. The number of para-hydroxylation sites is 1. The van der Waals surface area contributed by atoms with Crippen LogP contribution in [0.15, 0.2) is 54.7 Å². The second-order valence-corrected chi connectivity index (χ2v) is 6.36. The molecule has 3 aromatic rings. The maximum atomic E-state index is 13.0. The third-order valence-electron chi connectivity index (χ3n) is 4.63. The molecule has 26 heavy (non-hydrogen) atoms. The van der Waals surface area contributed by atoms with E-state index in [2.05, 4.69) is 10.6 Å². The Morgan fingerprint density at radius 3 is 2.46 bits per heavy atom. The van der Waals surface area contributed by atoms with E-state index in [0.29, 0.717) is 5.56 Å². The van der Waals surface area contributed by atoms with Crippen LogP contribution in [0.5, 0.6) is 5.75 Å². The van der Waals surface area contributed by atoms with E-state index < -0.39 is 0 Å². The predicted molar refractivity (Wildman–Crippen MR) is 104 cm³/mol. The van der Waals surface area contributed by atoms with Gasteiger partial charge < -0.3 is 14.0 Å². The van der Waals surface area contributed by atoms with Gasteiger partial charge in [-0.05, 0) is 49.6 Å². The molecule has 0 amide bonds. The minimum Gasteiger partial charge on any atom is -0.497 e. The molecular formula is C22H25NO3. The van der Waals surface area contributed by atoms with Gasteiger partial charge in [-0.2, -0.15) is 0 Å². The molecule has 3 rings (SSSR count).